The smallest absolute Gasteiger partial charge is 0.305 e. The Kier molecular flexibility index (Phi) is 8.10. The van der Waals surface area contributed by atoms with Crippen molar-refractivity contribution in [3.63, 3.8) is 0 Å². The second-order valence-electron chi connectivity index (χ2n) is 10.6. The van der Waals surface area contributed by atoms with Gasteiger partial charge in [0.1, 0.15) is 0 Å². The van der Waals surface area contributed by atoms with Crippen molar-refractivity contribution in [3.8, 4) is 22.3 Å². The van der Waals surface area contributed by atoms with E-state index >= 15 is 0 Å². The van der Waals surface area contributed by atoms with Crippen LogP contribution in [0.4, 0.5) is 0 Å². The van der Waals surface area contributed by atoms with Crippen LogP contribution in [0.25, 0.3) is 33.0 Å². The highest BCUT2D eigenvalue weighted by atomic mass is 16.4. The third-order valence-electron chi connectivity index (χ3n) is 7.87. The van der Waals surface area contributed by atoms with Gasteiger partial charge in [0.15, 0.2) is 0 Å². The molecule has 1 atom stereocenters. The summed E-state index contributed by atoms with van der Waals surface area (Å²) in [7, 11) is 0. The number of carbonyl (C=O) groups excluding carboxylic acids is 1. The number of hydrogen-bond acceptors (Lipinski definition) is 2. The van der Waals surface area contributed by atoms with E-state index in [4.69, 9.17) is 0 Å². The van der Waals surface area contributed by atoms with Crippen LogP contribution < -0.4 is 0 Å². The molecule has 0 saturated heterocycles. The molecule has 6 aromatic carbocycles. The summed E-state index contributed by atoms with van der Waals surface area (Å²) in [6, 6.07) is 48.9. The van der Waals surface area contributed by atoms with Gasteiger partial charge in [-0.1, -0.05) is 140 Å². The number of nitrogens with zero attached hydrogens (tertiary/aromatic N) is 1. The normalized spacial score (nSPS) is 11.6. The number of rotatable bonds is 9. The van der Waals surface area contributed by atoms with E-state index < -0.39 is 12.0 Å². The fraction of sp³-hybridized carbons (Fsp3) is 0.0769. The second-order valence-corrected chi connectivity index (χ2v) is 10.6. The molecule has 0 saturated carbocycles. The SMILES string of the molecule is O=C(O)CC(c1ccc(-c2ccccc2)cc1)N(Cc1cccc2ccccc12)C(=O)c1ccc(-c2ccccc2)cc1. The molecule has 0 aromatic heterocycles. The highest BCUT2D eigenvalue weighted by molar-refractivity contribution is 5.96. The first-order valence-corrected chi connectivity index (χ1v) is 14.4. The predicted octanol–water partition coefficient (Wildman–Crippen LogP) is 9.03. The molecule has 0 radical (unpaired) electrons. The molecule has 1 amide bonds. The van der Waals surface area contributed by atoms with Crippen molar-refractivity contribution in [2.24, 2.45) is 0 Å². The summed E-state index contributed by atoms with van der Waals surface area (Å²) >= 11 is 0. The van der Waals surface area contributed by atoms with Gasteiger partial charge in [-0.2, -0.15) is 0 Å². The summed E-state index contributed by atoms with van der Waals surface area (Å²) in [6.45, 7) is 0.263. The van der Waals surface area contributed by atoms with Crippen LogP contribution in [-0.2, 0) is 11.3 Å². The number of carbonyl (C=O) groups is 2. The summed E-state index contributed by atoms with van der Waals surface area (Å²) in [5, 5.41) is 12.2. The van der Waals surface area contributed by atoms with Crippen molar-refractivity contribution in [2.75, 3.05) is 0 Å². The molecule has 0 bridgehead atoms. The first-order chi connectivity index (χ1) is 21.1. The third-order valence-corrected chi connectivity index (χ3v) is 7.87. The van der Waals surface area contributed by atoms with E-state index in [1.807, 2.05) is 152 Å². The third kappa shape index (κ3) is 6.24. The van der Waals surface area contributed by atoms with Gasteiger partial charge in [-0.25, -0.2) is 0 Å². The average Bonchev–Trinajstić information content (AvgIpc) is 3.07. The van der Waals surface area contributed by atoms with E-state index in [2.05, 4.69) is 0 Å². The highest BCUT2D eigenvalue weighted by Crippen LogP contribution is 2.32. The summed E-state index contributed by atoms with van der Waals surface area (Å²) in [5.74, 6) is -1.18. The lowest BCUT2D eigenvalue weighted by molar-refractivity contribution is -0.138. The Bertz CT molecular complexity index is 1840. The first kappa shape index (κ1) is 27.7. The topological polar surface area (TPSA) is 57.6 Å². The van der Waals surface area contributed by atoms with Crippen LogP contribution in [0.15, 0.2) is 152 Å². The largest absolute Gasteiger partial charge is 0.481 e. The number of hydrogen-bond donors (Lipinski definition) is 1. The van der Waals surface area contributed by atoms with E-state index in [9.17, 15) is 14.7 Å². The van der Waals surface area contributed by atoms with Crippen LogP contribution >= 0.6 is 0 Å². The Morgan fingerprint density at radius 2 is 1.07 bits per heavy atom. The molecule has 4 heteroatoms. The van der Waals surface area contributed by atoms with Crippen molar-refractivity contribution in [2.45, 2.75) is 19.0 Å². The molecule has 43 heavy (non-hydrogen) atoms. The first-order valence-electron chi connectivity index (χ1n) is 14.4. The Morgan fingerprint density at radius 1 is 0.558 bits per heavy atom. The molecule has 6 aromatic rings. The minimum atomic E-state index is -0.965. The molecule has 0 heterocycles. The van der Waals surface area contributed by atoms with E-state index in [-0.39, 0.29) is 18.9 Å². The second kappa shape index (κ2) is 12.6. The molecule has 0 aliphatic heterocycles. The van der Waals surface area contributed by atoms with Crippen LogP contribution in [0.1, 0.15) is 33.9 Å². The summed E-state index contributed by atoms with van der Waals surface area (Å²) in [4.78, 5) is 28.3. The van der Waals surface area contributed by atoms with Gasteiger partial charge in [0.25, 0.3) is 5.91 Å². The van der Waals surface area contributed by atoms with E-state index in [1.165, 1.54) is 0 Å². The number of benzene rings is 6. The highest BCUT2D eigenvalue weighted by Gasteiger charge is 2.29. The van der Waals surface area contributed by atoms with Gasteiger partial charge in [-0.05, 0) is 56.3 Å². The fourth-order valence-electron chi connectivity index (χ4n) is 5.64. The van der Waals surface area contributed by atoms with Crippen LogP contribution in [0.2, 0.25) is 0 Å². The molecule has 0 fully saturated rings. The lowest BCUT2D eigenvalue weighted by atomic mass is 9.96. The molecular formula is C39H31NO3. The lowest BCUT2D eigenvalue weighted by Gasteiger charge is -2.32. The van der Waals surface area contributed by atoms with Gasteiger partial charge >= 0.3 is 5.97 Å². The maximum Gasteiger partial charge on any atom is 0.305 e. The molecule has 0 spiro atoms. The number of aliphatic carboxylic acids is 1. The van der Waals surface area contributed by atoms with Gasteiger partial charge in [-0.3, -0.25) is 9.59 Å². The molecule has 6 rings (SSSR count). The molecular weight excluding hydrogens is 530 g/mol. The lowest BCUT2D eigenvalue weighted by Crippen LogP contribution is -2.36. The van der Waals surface area contributed by atoms with Gasteiger partial charge in [0.05, 0.1) is 12.5 Å². The standard InChI is InChI=1S/C39H31NO3/c41-38(42)26-37(33-22-18-30(19-23-33)28-10-3-1-4-11-28)40(27-35-16-9-15-32-14-7-8-17-36(32)35)39(43)34-24-20-31(21-25-34)29-12-5-2-6-13-29/h1-25,37H,26-27H2,(H,41,42). The van der Waals surface area contributed by atoms with Crippen LogP contribution in [0.5, 0.6) is 0 Å². The molecule has 0 aliphatic rings. The predicted molar refractivity (Wildman–Crippen MR) is 173 cm³/mol. The van der Waals surface area contributed by atoms with Crippen LogP contribution in [0, 0.1) is 0 Å². The summed E-state index contributed by atoms with van der Waals surface area (Å²) < 4.78 is 0. The molecule has 0 aliphatic carbocycles. The van der Waals surface area contributed by atoms with Crippen molar-refractivity contribution >= 4 is 22.6 Å². The van der Waals surface area contributed by atoms with E-state index in [1.54, 1.807) is 4.90 Å². The zero-order chi connectivity index (χ0) is 29.6. The average molecular weight is 562 g/mol. The number of carboxylic acids is 1. The number of fused-ring (bicyclic) bond motifs is 1. The van der Waals surface area contributed by atoms with Gasteiger partial charge in [-0.15, -0.1) is 0 Å². The zero-order valence-electron chi connectivity index (χ0n) is 23.6. The quantitative estimate of drug-likeness (QED) is 0.192. The Balaban J connectivity index is 1.41. The summed E-state index contributed by atoms with van der Waals surface area (Å²) in [5.41, 5.74) is 6.43. The minimum Gasteiger partial charge on any atom is -0.481 e. The van der Waals surface area contributed by atoms with Gasteiger partial charge in [0, 0.05) is 12.1 Å². The van der Waals surface area contributed by atoms with Gasteiger partial charge < -0.3 is 10.0 Å². The number of amides is 1. The fourth-order valence-corrected chi connectivity index (χ4v) is 5.64. The maximum absolute atomic E-state index is 14.4. The molecule has 210 valence electrons. The maximum atomic E-state index is 14.4. The Hall–Kier alpha value is -5.48. The van der Waals surface area contributed by atoms with E-state index in [0.717, 1.165) is 44.2 Å². The Labute approximate surface area is 251 Å². The minimum absolute atomic E-state index is 0.217. The van der Waals surface area contributed by atoms with Crippen molar-refractivity contribution in [1.82, 2.24) is 4.90 Å². The monoisotopic (exact) mass is 561 g/mol. The molecule has 1 unspecified atom stereocenters. The van der Waals surface area contributed by atoms with Crippen molar-refractivity contribution < 1.29 is 14.7 Å². The molecule has 4 nitrogen and oxygen atoms in total. The van der Waals surface area contributed by atoms with Crippen LogP contribution in [0.3, 0.4) is 0 Å². The molecule has 1 N–H and O–H groups in total. The zero-order valence-corrected chi connectivity index (χ0v) is 23.6. The van der Waals surface area contributed by atoms with Crippen LogP contribution in [-0.4, -0.2) is 21.9 Å². The van der Waals surface area contributed by atoms with E-state index in [0.29, 0.717) is 5.56 Å². The van der Waals surface area contributed by atoms with Crippen molar-refractivity contribution in [3.05, 3.63) is 168 Å². The Morgan fingerprint density at radius 3 is 1.67 bits per heavy atom. The van der Waals surface area contributed by atoms with Gasteiger partial charge in [0.2, 0.25) is 0 Å². The number of carboxylic acid groups (broad SMARTS) is 1. The summed E-state index contributed by atoms with van der Waals surface area (Å²) in [6.07, 6.45) is -0.219. The van der Waals surface area contributed by atoms with Crippen molar-refractivity contribution in [1.29, 1.82) is 0 Å².